The monoisotopic (exact) mass is 360 g/mol. The lowest BCUT2D eigenvalue weighted by atomic mass is 9.96. The highest BCUT2D eigenvalue weighted by atomic mass is 32.2. The molecular weight excluding hydrogens is 332 g/mol. The number of benzene rings is 1. The van der Waals surface area contributed by atoms with Crippen molar-refractivity contribution in [3.8, 4) is 0 Å². The highest BCUT2D eigenvalue weighted by Gasteiger charge is 2.41. The lowest BCUT2D eigenvalue weighted by Crippen LogP contribution is -2.44. The summed E-state index contributed by atoms with van der Waals surface area (Å²) in [5.41, 5.74) is 2.80. The number of nitrogens with zero attached hydrogens (tertiary/aromatic N) is 1. The van der Waals surface area contributed by atoms with Gasteiger partial charge in [0.2, 0.25) is 10.0 Å². The molecule has 3 rings (SSSR count). The van der Waals surface area contributed by atoms with Crippen LogP contribution in [0.1, 0.15) is 46.0 Å². The van der Waals surface area contributed by atoms with E-state index >= 15 is 0 Å². The number of para-hydroxylation sites is 1. The third-order valence-electron chi connectivity index (χ3n) is 4.81. The van der Waals surface area contributed by atoms with Crippen molar-refractivity contribution in [2.24, 2.45) is 0 Å². The average molecular weight is 361 g/mol. The first-order valence-corrected chi connectivity index (χ1v) is 10.7. The molecule has 0 radical (unpaired) electrons. The lowest BCUT2D eigenvalue weighted by Gasteiger charge is -2.38. The second-order valence-corrected chi connectivity index (χ2v) is 9.18. The number of nitrogens with one attached hydrogen (secondary N) is 1. The van der Waals surface area contributed by atoms with Crippen LogP contribution in [0.4, 0.5) is 5.69 Å². The molecular formula is C20H28N2O2S. The van der Waals surface area contributed by atoms with Gasteiger partial charge in [-0.15, -0.1) is 0 Å². The third kappa shape index (κ3) is 3.98. The SMILES string of the molecule is CC(C)NCCCC1CC2=CCCC=C2N(c2ccccc2)S1(=O)=O. The highest BCUT2D eigenvalue weighted by molar-refractivity contribution is 7.93. The molecule has 1 N–H and O–H groups in total. The molecule has 1 atom stereocenters. The topological polar surface area (TPSA) is 49.4 Å². The van der Waals surface area contributed by atoms with E-state index in [-0.39, 0.29) is 5.25 Å². The third-order valence-corrected chi connectivity index (χ3v) is 6.97. The van der Waals surface area contributed by atoms with Gasteiger partial charge in [-0.1, -0.05) is 44.2 Å². The summed E-state index contributed by atoms with van der Waals surface area (Å²) in [5.74, 6) is 0. The number of sulfonamides is 1. The zero-order chi connectivity index (χ0) is 17.9. The summed E-state index contributed by atoms with van der Waals surface area (Å²) in [4.78, 5) is 0. The minimum atomic E-state index is -3.39. The van der Waals surface area contributed by atoms with Crippen LogP contribution in [0.2, 0.25) is 0 Å². The minimum absolute atomic E-state index is 0.344. The Morgan fingerprint density at radius 3 is 2.60 bits per heavy atom. The van der Waals surface area contributed by atoms with E-state index in [9.17, 15) is 8.42 Å². The molecule has 5 heteroatoms. The quantitative estimate of drug-likeness (QED) is 0.781. The Balaban J connectivity index is 1.87. The molecule has 136 valence electrons. The molecule has 1 aromatic carbocycles. The Hall–Kier alpha value is -1.59. The molecule has 0 spiro atoms. The highest BCUT2D eigenvalue weighted by Crippen LogP contribution is 2.40. The summed E-state index contributed by atoms with van der Waals surface area (Å²) in [6.07, 6.45) is 8.41. The van der Waals surface area contributed by atoms with Crippen LogP contribution in [0.25, 0.3) is 0 Å². The van der Waals surface area contributed by atoms with Crippen molar-refractivity contribution in [2.45, 2.75) is 57.2 Å². The van der Waals surface area contributed by atoms with Gasteiger partial charge >= 0.3 is 0 Å². The van der Waals surface area contributed by atoms with E-state index in [1.165, 1.54) is 5.57 Å². The van der Waals surface area contributed by atoms with Crippen molar-refractivity contribution in [2.75, 3.05) is 10.8 Å². The fourth-order valence-electron chi connectivity index (χ4n) is 3.57. The van der Waals surface area contributed by atoms with Crippen LogP contribution >= 0.6 is 0 Å². The maximum atomic E-state index is 13.3. The van der Waals surface area contributed by atoms with Crippen molar-refractivity contribution in [3.05, 3.63) is 53.8 Å². The number of anilines is 1. The first-order valence-electron chi connectivity index (χ1n) is 9.22. The molecule has 1 fully saturated rings. The number of hydrogen-bond donors (Lipinski definition) is 1. The number of rotatable bonds is 6. The molecule has 0 bridgehead atoms. The molecule has 1 heterocycles. The van der Waals surface area contributed by atoms with Gasteiger partial charge in [0, 0.05) is 6.04 Å². The number of hydrogen-bond acceptors (Lipinski definition) is 3. The average Bonchev–Trinajstić information content (AvgIpc) is 2.59. The summed E-state index contributed by atoms with van der Waals surface area (Å²) in [5, 5.41) is 3.03. The Bertz CT molecular complexity index is 751. The van der Waals surface area contributed by atoms with Crippen molar-refractivity contribution in [1.29, 1.82) is 0 Å². The van der Waals surface area contributed by atoms with Gasteiger partial charge in [0.1, 0.15) is 0 Å². The second-order valence-electron chi connectivity index (χ2n) is 7.12. The van der Waals surface area contributed by atoms with Gasteiger partial charge in [0.15, 0.2) is 0 Å². The molecule has 1 saturated heterocycles. The van der Waals surface area contributed by atoms with E-state index in [1.807, 2.05) is 30.3 Å². The predicted octanol–water partition coefficient (Wildman–Crippen LogP) is 3.98. The van der Waals surface area contributed by atoms with Gasteiger partial charge in [-0.2, -0.15) is 0 Å². The fraction of sp³-hybridized carbons (Fsp3) is 0.500. The lowest BCUT2D eigenvalue weighted by molar-refractivity contribution is 0.526. The first-order chi connectivity index (χ1) is 12.0. The van der Waals surface area contributed by atoms with Crippen molar-refractivity contribution in [3.63, 3.8) is 0 Å². The van der Waals surface area contributed by atoms with Crippen molar-refractivity contribution < 1.29 is 8.42 Å². The molecule has 0 aromatic heterocycles. The molecule has 1 aliphatic carbocycles. The standard InChI is InChI=1S/C20H28N2O2S/c1-16(2)21-14-8-12-19-15-17-9-6-7-13-20(17)22(25(19,23)24)18-10-4-3-5-11-18/h3-5,9-11,13,16,19,21H,6-8,12,14-15H2,1-2H3. The van der Waals surface area contributed by atoms with Crippen LogP contribution in [0, 0.1) is 0 Å². The molecule has 0 saturated carbocycles. The van der Waals surface area contributed by atoms with E-state index < -0.39 is 10.0 Å². The number of allylic oxidation sites excluding steroid dienone is 3. The summed E-state index contributed by atoms with van der Waals surface area (Å²) < 4.78 is 28.3. The minimum Gasteiger partial charge on any atom is -0.315 e. The van der Waals surface area contributed by atoms with Gasteiger partial charge in [0.25, 0.3) is 0 Å². The predicted molar refractivity (Wildman–Crippen MR) is 104 cm³/mol. The zero-order valence-corrected chi connectivity index (χ0v) is 15.9. The van der Waals surface area contributed by atoms with Crippen LogP contribution < -0.4 is 9.62 Å². The molecule has 25 heavy (non-hydrogen) atoms. The molecule has 4 nitrogen and oxygen atoms in total. The van der Waals surface area contributed by atoms with Crippen LogP contribution in [-0.4, -0.2) is 26.3 Å². The number of fused-ring (bicyclic) bond motifs is 1. The van der Waals surface area contributed by atoms with Crippen molar-refractivity contribution in [1.82, 2.24) is 5.32 Å². The molecule has 0 amide bonds. The Morgan fingerprint density at radius 2 is 1.88 bits per heavy atom. The van der Waals surface area contributed by atoms with Gasteiger partial charge in [-0.3, -0.25) is 0 Å². The Morgan fingerprint density at radius 1 is 1.16 bits per heavy atom. The maximum absolute atomic E-state index is 13.3. The van der Waals surface area contributed by atoms with Crippen LogP contribution in [-0.2, 0) is 10.0 Å². The summed E-state index contributed by atoms with van der Waals surface area (Å²) in [6.45, 7) is 5.08. The summed E-state index contributed by atoms with van der Waals surface area (Å²) in [6, 6.07) is 9.91. The van der Waals surface area contributed by atoms with E-state index in [0.29, 0.717) is 18.9 Å². The van der Waals surface area contributed by atoms with Crippen LogP contribution in [0.5, 0.6) is 0 Å². The molecule has 1 aromatic rings. The summed E-state index contributed by atoms with van der Waals surface area (Å²) in [7, 11) is -3.39. The molecule has 1 unspecified atom stereocenters. The van der Waals surface area contributed by atoms with E-state index in [0.717, 1.165) is 37.2 Å². The fourth-order valence-corrected chi connectivity index (χ4v) is 5.61. The second kappa shape index (κ2) is 7.75. The van der Waals surface area contributed by atoms with E-state index in [4.69, 9.17) is 0 Å². The van der Waals surface area contributed by atoms with Crippen LogP contribution in [0.3, 0.4) is 0 Å². The molecule has 2 aliphatic rings. The van der Waals surface area contributed by atoms with Crippen molar-refractivity contribution >= 4 is 15.7 Å². The van der Waals surface area contributed by atoms with E-state index in [2.05, 4.69) is 31.3 Å². The van der Waals surface area contributed by atoms with E-state index in [1.54, 1.807) is 4.31 Å². The van der Waals surface area contributed by atoms with Gasteiger partial charge in [-0.25, -0.2) is 12.7 Å². The summed E-state index contributed by atoms with van der Waals surface area (Å²) >= 11 is 0. The van der Waals surface area contributed by atoms with Gasteiger partial charge < -0.3 is 5.32 Å². The zero-order valence-electron chi connectivity index (χ0n) is 15.1. The Labute approximate surface area is 151 Å². The first kappa shape index (κ1) is 18.2. The molecule has 1 aliphatic heterocycles. The van der Waals surface area contributed by atoms with Gasteiger partial charge in [-0.05, 0) is 56.4 Å². The maximum Gasteiger partial charge on any atom is 0.242 e. The Kier molecular flexibility index (Phi) is 5.64. The largest absolute Gasteiger partial charge is 0.315 e. The van der Waals surface area contributed by atoms with Crippen LogP contribution in [0.15, 0.2) is 53.8 Å². The van der Waals surface area contributed by atoms with Gasteiger partial charge in [0.05, 0.1) is 16.6 Å². The smallest absolute Gasteiger partial charge is 0.242 e. The normalized spacial score (nSPS) is 22.4.